The van der Waals surface area contributed by atoms with Crippen LogP contribution in [-0.4, -0.2) is 75.9 Å². The van der Waals surface area contributed by atoms with Gasteiger partial charge in [0.1, 0.15) is 0 Å². The van der Waals surface area contributed by atoms with Gasteiger partial charge in [0.2, 0.25) is 0 Å². The molecule has 0 amide bonds. The van der Waals surface area contributed by atoms with Gasteiger partial charge >= 0.3 is 0 Å². The van der Waals surface area contributed by atoms with E-state index < -0.39 is 0 Å². The Balaban J connectivity index is 4.10. The quantitative estimate of drug-likeness (QED) is 0.639. The van der Waals surface area contributed by atoms with Crippen molar-refractivity contribution in [2.24, 2.45) is 0 Å². The van der Waals surface area contributed by atoms with E-state index in [1.165, 1.54) is 0 Å². The molecule has 0 spiro atoms. The van der Waals surface area contributed by atoms with E-state index in [9.17, 15) is 0 Å². The normalized spacial score (nSPS) is 14.5. The summed E-state index contributed by atoms with van der Waals surface area (Å²) in [5.74, 6) is 0. The van der Waals surface area contributed by atoms with Gasteiger partial charge in [0, 0.05) is 26.2 Å². The molecular formula is C14H33N3O. The first-order chi connectivity index (χ1) is 8.33. The van der Waals surface area contributed by atoms with Crippen molar-refractivity contribution in [2.45, 2.75) is 38.8 Å². The molecule has 4 nitrogen and oxygen atoms in total. The predicted molar refractivity (Wildman–Crippen MR) is 79.2 cm³/mol. The van der Waals surface area contributed by atoms with Crippen LogP contribution in [0.15, 0.2) is 0 Å². The van der Waals surface area contributed by atoms with Crippen LogP contribution in [0.2, 0.25) is 0 Å². The van der Waals surface area contributed by atoms with E-state index in [-0.39, 0.29) is 5.60 Å². The summed E-state index contributed by atoms with van der Waals surface area (Å²) in [6.45, 7) is 10.8. The minimum absolute atomic E-state index is 0.113. The Hall–Kier alpha value is -0.160. The van der Waals surface area contributed by atoms with E-state index >= 15 is 0 Å². The molecule has 0 aliphatic carbocycles. The second-order valence-corrected chi connectivity index (χ2v) is 5.81. The van der Waals surface area contributed by atoms with E-state index in [4.69, 9.17) is 4.74 Å². The summed E-state index contributed by atoms with van der Waals surface area (Å²) < 4.78 is 5.59. The van der Waals surface area contributed by atoms with Crippen LogP contribution in [0.4, 0.5) is 0 Å². The van der Waals surface area contributed by atoms with Gasteiger partial charge in [-0.25, -0.2) is 0 Å². The fourth-order valence-corrected chi connectivity index (χ4v) is 1.92. The van der Waals surface area contributed by atoms with Crippen LogP contribution in [0.5, 0.6) is 0 Å². The number of hydrogen-bond acceptors (Lipinski definition) is 4. The molecule has 1 N–H and O–H groups in total. The fraction of sp³-hybridized carbons (Fsp3) is 1.00. The number of likely N-dealkylation sites (N-methyl/N-ethyl adjacent to an activating group) is 3. The van der Waals surface area contributed by atoms with Gasteiger partial charge in [0.25, 0.3) is 0 Å². The number of rotatable bonds is 10. The summed E-state index contributed by atoms with van der Waals surface area (Å²) in [6.07, 6.45) is 1.11. The van der Waals surface area contributed by atoms with Crippen LogP contribution >= 0.6 is 0 Å². The van der Waals surface area contributed by atoms with Crippen LogP contribution in [-0.2, 0) is 4.74 Å². The van der Waals surface area contributed by atoms with Crippen LogP contribution in [0.3, 0.4) is 0 Å². The van der Waals surface area contributed by atoms with Crippen molar-refractivity contribution in [1.29, 1.82) is 0 Å². The van der Waals surface area contributed by atoms with Crippen molar-refractivity contribution in [2.75, 3.05) is 54.4 Å². The topological polar surface area (TPSA) is 27.7 Å². The molecule has 0 aliphatic heterocycles. The van der Waals surface area contributed by atoms with Gasteiger partial charge in [-0.05, 0) is 54.5 Å². The molecule has 1 unspecified atom stereocenters. The average molecular weight is 259 g/mol. The highest BCUT2D eigenvalue weighted by molar-refractivity contribution is 4.85. The molecule has 0 saturated heterocycles. The van der Waals surface area contributed by atoms with Gasteiger partial charge < -0.3 is 19.9 Å². The average Bonchev–Trinajstić information content (AvgIpc) is 2.31. The highest BCUT2D eigenvalue weighted by Crippen LogP contribution is 2.16. The molecular weight excluding hydrogens is 226 g/mol. The SMILES string of the molecule is CCNC(CCN(C)CCN(C)C)C(C)(C)OC. The maximum Gasteiger partial charge on any atom is 0.0775 e. The third-order valence-electron chi connectivity index (χ3n) is 3.54. The summed E-state index contributed by atoms with van der Waals surface area (Å²) in [5, 5.41) is 3.53. The molecule has 0 rings (SSSR count). The lowest BCUT2D eigenvalue weighted by atomic mass is 9.95. The van der Waals surface area contributed by atoms with Crippen molar-refractivity contribution in [3.8, 4) is 0 Å². The lowest BCUT2D eigenvalue weighted by Gasteiger charge is -2.35. The molecule has 0 radical (unpaired) electrons. The minimum Gasteiger partial charge on any atom is -0.377 e. The molecule has 1 atom stereocenters. The first kappa shape index (κ1) is 17.8. The maximum atomic E-state index is 5.59. The molecule has 18 heavy (non-hydrogen) atoms. The molecule has 0 aromatic carbocycles. The van der Waals surface area contributed by atoms with Gasteiger partial charge in [-0.15, -0.1) is 0 Å². The molecule has 110 valence electrons. The summed E-state index contributed by atoms with van der Waals surface area (Å²) in [7, 11) is 8.21. The van der Waals surface area contributed by atoms with E-state index in [1.807, 2.05) is 0 Å². The smallest absolute Gasteiger partial charge is 0.0775 e. The second-order valence-electron chi connectivity index (χ2n) is 5.81. The van der Waals surface area contributed by atoms with Crippen molar-refractivity contribution >= 4 is 0 Å². The number of ether oxygens (including phenoxy) is 1. The van der Waals surface area contributed by atoms with Gasteiger partial charge in [-0.2, -0.15) is 0 Å². The highest BCUT2D eigenvalue weighted by Gasteiger charge is 2.28. The molecule has 0 aliphatic rings. The van der Waals surface area contributed by atoms with E-state index in [0.29, 0.717) is 6.04 Å². The third kappa shape index (κ3) is 7.31. The zero-order valence-corrected chi connectivity index (χ0v) is 13.4. The van der Waals surface area contributed by atoms with E-state index in [0.717, 1.165) is 32.6 Å². The molecule has 4 heteroatoms. The van der Waals surface area contributed by atoms with E-state index in [2.05, 4.69) is 57.0 Å². The Morgan fingerprint density at radius 3 is 2.17 bits per heavy atom. The summed E-state index contributed by atoms with van der Waals surface area (Å²) in [6, 6.07) is 0.398. The summed E-state index contributed by atoms with van der Waals surface area (Å²) in [4.78, 5) is 4.60. The predicted octanol–water partition coefficient (Wildman–Crippen LogP) is 1.27. The Bertz CT molecular complexity index is 207. The van der Waals surface area contributed by atoms with Crippen molar-refractivity contribution < 1.29 is 4.74 Å². The monoisotopic (exact) mass is 259 g/mol. The first-order valence-corrected chi connectivity index (χ1v) is 6.95. The minimum atomic E-state index is -0.113. The van der Waals surface area contributed by atoms with Gasteiger partial charge in [0.05, 0.1) is 5.60 Å². The molecule has 0 bridgehead atoms. The first-order valence-electron chi connectivity index (χ1n) is 6.95. The van der Waals surface area contributed by atoms with Crippen LogP contribution < -0.4 is 5.32 Å². The molecule has 0 aromatic rings. The van der Waals surface area contributed by atoms with Gasteiger partial charge in [-0.1, -0.05) is 6.92 Å². The van der Waals surface area contributed by atoms with Crippen molar-refractivity contribution in [3.05, 3.63) is 0 Å². The van der Waals surface area contributed by atoms with Crippen LogP contribution in [0.25, 0.3) is 0 Å². The summed E-state index contributed by atoms with van der Waals surface area (Å²) >= 11 is 0. The Kier molecular flexibility index (Phi) is 8.78. The highest BCUT2D eigenvalue weighted by atomic mass is 16.5. The Labute approximate surface area is 114 Å². The third-order valence-corrected chi connectivity index (χ3v) is 3.54. The molecule has 0 fully saturated rings. The molecule has 0 aromatic heterocycles. The fourth-order valence-electron chi connectivity index (χ4n) is 1.92. The Morgan fingerprint density at radius 1 is 1.11 bits per heavy atom. The zero-order valence-electron chi connectivity index (χ0n) is 13.4. The largest absolute Gasteiger partial charge is 0.377 e. The number of hydrogen-bond donors (Lipinski definition) is 1. The van der Waals surface area contributed by atoms with E-state index in [1.54, 1.807) is 7.11 Å². The molecule has 0 saturated carbocycles. The molecule has 0 heterocycles. The van der Waals surface area contributed by atoms with Crippen molar-refractivity contribution in [3.63, 3.8) is 0 Å². The maximum absolute atomic E-state index is 5.59. The standard InChI is InChI=1S/C14H33N3O/c1-8-15-13(14(2,3)18-7)9-10-17(6)12-11-16(4)5/h13,15H,8-12H2,1-7H3. The lowest BCUT2D eigenvalue weighted by Crippen LogP contribution is -2.49. The zero-order chi connectivity index (χ0) is 14.2. The van der Waals surface area contributed by atoms with Crippen LogP contribution in [0.1, 0.15) is 27.2 Å². The number of nitrogens with zero attached hydrogens (tertiary/aromatic N) is 2. The summed E-state index contributed by atoms with van der Waals surface area (Å²) in [5.41, 5.74) is -0.113. The second kappa shape index (κ2) is 8.86. The van der Waals surface area contributed by atoms with Gasteiger partial charge in [0.15, 0.2) is 0 Å². The Morgan fingerprint density at radius 2 is 1.72 bits per heavy atom. The number of nitrogens with one attached hydrogen (secondary N) is 1. The number of methoxy groups -OCH3 is 1. The lowest BCUT2D eigenvalue weighted by molar-refractivity contribution is -0.0140. The van der Waals surface area contributed by atoms with Gasteiger partial charge in [-0.3, -0.25) is 0 Å². The van der Waals surface area contributed by atoms with Crippen LogP contribution in [0, 0.1) is 0 Å². The van der Waals surface area contributed by atoms with Crippen molar-refractivity contribution in [1.82, 2.24) is 15.1 Å².